The summed E-state index contributed by atoms with van der Waals surface area (Å²) in [5.41, 5.74) is 23.9. The Morgan fingerprint density at radius 2 is 1.07 bits per heavy atom. The molecule has 0 aliphatic rings. The van der Waals surface area contributed by atoms with Gasteiger partial charge in [0.2, 0.25) is 11.9 Å². The zero-order valence-corrected chi connectivity index (χ0v) is 33.4. The maximum absolute atomic E-state index is 13.9. The van der Waals surface area contributed by atoms with E-state index in [-0.39, 0.29) is 27.4 Å². The van der Waals surface area contributed by atoms with Crippen molar-refractivity contribution in [3.63, 3.8) is 0 Å². The van der Waals surface area contributed by atoms with Crippen molar-refractivity contribution < 1.29 is 16.8 Å². The number of hydrogen-bond donors (Lipinski definition) is 3. The van der Waals surface area contributed by atoms with E-state index >= 15 is 0 Å². The molecule has 4 aromatic heterocycles. The fraction of sp³-hybridized carbons (Fsp3) is 0.190. The first-order valence-electron chi connectivity index (χ1n) is 17.7. The Morgan fingerprint density at radius 1 is 0.596 bits per heavy atom. The summed E-state index contributed by atoms with van der Waals surface area (Å²) in [5, 5.41) is -0.824. The molecule has 0 saturated heterocycles. The summed E-state index contributed by atoms with van der Waals surface area (Å²) in [6.45, 7) is 8.61. The van der Waals surface area contributed by atoms with Crippen molar-refractivity contribution >= 4 is 37.4 Å². The zero-order chi connectivity index (χ0) is 41.1. The van der Waals surface area contributed by atoms with Gasteiger partial charge in [0.25, 0.3) is 0 Å². The van der Waals surface area contributed by atoms with Crippen LogP contribution in [0.5, 0.6) is 0 Å². The molecule has 15 heteroatoms. The van der Waals surface area contributed by atoms with Crippen molar-refractivity contribution in [1.29, 1.82) is 0 Å². The number of pyridine rings is 2. The largest absolute Gasteiger partial charge is 0.384 e. The predicted octanol–water partition coefficient (Wildman–Crippen LogP) is 5.31. The molecule has 6 N–H and O–H groups in total. The van der Waals surface area contributed by atoms with Crippen LogP contribution in [0.15, 0.2) is 95.0 Å². The molecule has 0 radical (unpaired) electrons. The molecule has 0 aliphatic heterocycles. The van der Waals surface area contributed by atoms with Crippen molar-refractivity contribution in [3.05, 3.63) is 125 Å². The number of benzene rings is 2. The molecule has 0 amide bonds. The topological polar surface area (TPSA) is 224 Å². The summed E-state index contributed by atoms with van der Waals surface area (Å²) in [6.07, 6.45) is 3.16. The number of nitrogens with zero attached hydrogens (tertiary/aromatic N) is 6. The predicted molar refractivity (Wildman–Crippen MR) is 221 cm³/mol. The molecule has 0 fully saturated rings. The lowest BCUT2D eigenvalue weighted by molar-refractivity contribution is 0.567. The lowest BCUT2D eigenvalue weighted by Crippen LogP contribution is -2.24. The van der Waals surface area contributed by atoms with Crippen molar-refractivity contribution in [2.24, 2.45) is 0 Å². The number of aryl methyl sites for hydroxylation is 2. The van der Waals surface area contributed by atoms with Gasteiger partial charge < -0.3 is 17.2 Å². The first kappa shape index (κ1) is 40.0. The molecular formula is C42H39N9O4S2. The van der Waals surface area contributed by atoms with Gasteiger partial charge in [-0.05, 0) is 69.3 Å². The van der Waals surface area contributed by atoms with Crippen LogP contribution >= 0.6 is 0 Å². The van der Waals surface area contributed by atoms with Crippen LogP contribution in [0.2, 0.25) is 0 Å². The first-order chi connectivity index (χ1) is 27.1. The highest BCUT2D eigenvalue weighted by molar-refractivity contribution is 7.92. The van der Waals surface area contributed by atoms with E-state index < -0.39 is 30.8 Å². The highest BCUT2D eigenvalue weighted by Crippen LogP contribution is 2.31. The lowest BCUT2D eigenvalue weighted by atomic mass is 10.0. The third-order valence-electron chi connectivity index (χ3n) is 9.43. The van der Waals surface area contributed by atoms with E-state index in [1.165, 1.54) is 12.1 Å². The van der Waals surface area contributed by atoms with Gasteiger partial charge in [0.15, 0.2) is 19.7 Å². The quantitative estimate of drug-likeness (QED) is 0.166. The minimum absolute atomic E-state index is 0.0111. The van der Waals surface area contributed by atoms with E-state index in [4.69, 9.17) is 17.2 Å². The van der Waals surface area contributed by atoms with E-state index in [0.717, 1.165) is 0 Å². The summed E-state index contributed by atoms with van der Waals surface area (Å²) in [6, 6.07) is 19.8. The summed E-state index contributed by atoms with van der Waals surface area (Å²) >= 11 is 0. The van der Waals surface area contributed by atoms with E-state index in [1.54, 1.807) is 101 Å². The minimum Gasteiger partial charge on any atom is -0.384 e. The average molecular weight is 798 g/mol. The zero-order valence-electron chi connectivity index (χ0n) is 31.8. The van der Waals surface area contributed by atoms with E-state index in [0.29, 0.717) is 67.7 Å². The van der Waals surface area contributed by atoms with E-state index in [1.807, 2.05) is 6.92 Å². The molecule has 2 unspecified atom stereocenters. The molecule has 13 nitrogen and oxygen atoms in total. The number of anilines is 3. The summed E-state index contributed by atoms with van der Waals surface area (Å²) in [4.78, 5) is 26.4. The van der Waals surface area contributed by atoms with Gasteiger partial charge in [-0.3, -0.25) is 4.98 Å². The molecular weight excluding hydrogens is 759 g/mol. The van der Waals surface area contributed by atoms with E-state index in [2.05, 4.69) is 53.6 Å². The molecule has 0 bridgehead atoms. The third kappa shape index (κ3) is 8.75. The Balaban J connectivity index is 1.21. The van der Waals surface area contributed by atoms with Gasteiger partial charge in [0.05, 0.1) is 54.7 Å². The van der Waals surface area contributed by atoms with Crippen LogP contribution in [0.3, 0.4) is 0 Å². The summed E-state index contributed by atoms with van der Waals surface area (Å²) in [7, 11) is -7.17. The molecule has 288 valence electrons. The SMILES string of the molecule is CCS(=O)(=O)c1ccc(-c2nc(N)nc(C)c2C#Cc2ccc(C(C)C(C)S(=O)(=O)c3ccc(-c4nc(N)nc(C)c4C#Cc4ccc(N)nc4)cc3)nc2)cc1. The number of nitrogen functional groups attached to an aromatic ring is 3. The molecule has 4 heterocycles. The normalized spacial score (nSPS) is 12.4. The monoisotopic (exact) mass is 797 g/mol. The second-order valence-corrected chi connectivity index (χ2v) is 17.8. The second-order valence-electron chi connectivity index (χ2n) is 13.2. The van der Waals surface area contributed by atoms with Crippen LogP contribution in [-0.2, 0) is 19.7 Å². The minimum atomic E-state index is -3.80. The maximum atomic E-state index is 13.9. The van der Waals surface area contributed by atoms with Crippen molar-refractivity contribution in [2.75, 3.05) is 23.0 Å². The van der Waals surface area contributed by atoms with Crippen LogP contribution in [-0.4, -0.2) is 57.7 Å². The Hall–Kier alpha value is -6.68. The highest BCUT2D eigenvalue weighted by Gasteiger charge is 2.30. The Morgan fingerprint density at radius 3 is 1.51 bits per heavy atom. The van der Waals surface area contributed by atoms with Gasteiger partial charge in [0.1, 0.15) is 5.82 Å². The third-order valence-corrected chi connectivity index (χ3v) is 13.5. The van der Waals surface area contributed by atoms with Crippen molar-refractivity contribution in [1.82, 2.24) is 29.9 Å². The van der Waals surface area contributed by atoms with Crippen LogP contribution in [0.25, 0.3) is 22.5 Å². The van der Waals surface area contributed by atoms with Crippen molar-refractivity contribution in [2.45, 2.75) is 55.6 Å². The molecule has 0 aliphatic carbocycles. The van der Waals surface area contributed by atoms with Crippen LogP contribution in [0, 0.1) is 37.5 Å². The molecule has 6 rings (SSSR count). The lowest BCUT2D eigenvalue weighted by Gasteiger charge is -2.20. The van der Waals surface area contributed by atoms with Gasteiger partial charge in [-0.15, -0.1) is 0 Å². The van der Waals surface area contributed by atoms with Gasteiger partial charge in [-0.2, -0.15) is 0 Å². The smallest absolute Gasteiger partial charge is 0.220 e. The second kappa shape index (κ2) is 16.2. The fourth-order valence-electron chi connectivity index (χ4n) is 5.92. The van der Waals surface area contributed by atoms with E-state index in [9.17, 15) is 16.8 Å². The number of hydrogen-bond acceptors (Lipinski definition) is 13. The van der Waals surface area contributed by atoms with Gasteiger partial charge >= 0.3 is 0 Å². The maximum Gasteiger partial charge on any atom is 0.220 e. The molecule has 0 saturated carbocycles. The van der Waals surface area contributed by atoms with Gasteiger partial charge in [0, 0.05) is 46.3 Å². The van der Waals surface area contributed by atoms with Crippen molar-refractivity contribution in [3.8, 4) is 46.2 Å². The Bertz CT molecular complexity index is 2830. The van der Waals surface area contributed by atoms with Crippen LogP contribution < -0.4 is 17.2 Å². The fourth-order valence-corrected chi connectivity index (χ4v) is 8.42. The summed E-state index contributed by atoms with van der Waals surface area (Å²) < 4.78 is 52.4. The Labute approximate surface area is 332 Å². The molecule has 57 heavy (non-hydrogen) atoms. The highest BCUT2D eigenvalue weighted by atomic mass is 32.2. The number of aromatic nitrogens is 6. The van der Waals surface area contributed by atoms with Crippen LogP contribution in [0.4, 0.5) is 17.7 Å². The standard InChI is InChI=1S/C42H39N9O4S2/c1-6-56(52,53)33-15-11-31(12-16-33)39-35(26(3)48-41(44)50-39)19-7-29-9-21-37(46-23-29)25(2)28(5)57(54,55)34-17-13-32(14-18-34)40-36(27(4)49-42(45)51-40)20-8-30-10-22-38(43)47-24-30/h9-18,21-25,28H,6H2,1-5H3,(H2,43,47)(H2,44,48,50)(H2,45,49,51). The number of nitrogens with two attached hydrogens (primary N) is 3. The Kier molecular flexibility index (Phi) is 11.4. The van der Waals surface area contributed by atoms with Gasteiger partial charge in [-0.1, -0.05) is 61.8 Å². The van der Waals surface area contributed by atoms with Crippen LogP contribution in [0.1, 0.15) is 66.0 Å². The molecule has 6 aromatic rings. The number of rotatable bonds is 8. The number of sulfone groups is 2. The first-order valence-corrected chi connectivity index (χ1v) is 20.9. The molecule has 2 atom stereocenters. The van der Waals surface area contributed by atoms with Gasteiger partial charge in [-0.25, -0.2) is 41.8 Å². The molecule has 0 spiro atoms. The summed E-state index contributed by atoms with van der Waals surface area (Å²) in [5.74, 6) is 12.4. The molecule has 2 aromatic carbocycles. The average Bonchev–Trinajstić information content (AvgIpc) is 3.20.